The number of thioether (sulfide) groups is 1. The monoisotopic (exact) mass is 485 g/mol. The quantitative estimate of drug-likeness (QED) is 0.283. The summed E-state index contributed by atoms with van der Waals surface area (Å²) in [6, 6.07) is 22.8. The first-order chi connectivity index (χ1) is 17.1. The molecule has 0 unspecified atom stereocenters. The number of hydrogen-bond donors (Lipinski definition) is 2. The third kappa shape index (κ3) is 5.92. The van der Waals surface area contributed by atoms with Gasteiger partial charge in [0.25, 0.3) is 0 Å². The molecule has 0 saturated heterocycles. The van der Waals surface area contributed by atoms with Gasteiger partial charge in [0.05, 0.1) is 5.75 Å². The molecule has 5 rings (SSSR count). The minimum absolute atomic E-state index is 0.0840. The Balaban J connectivity index is 1.10. The maximum Gasteiger partial charge on any atom is 0.234 e. The van der Waals surface area contributed by atoms with Crippen LogP contribution in [0.5, 0.6) is 0 Å². The van der Waals surface area contributed by atoms with Gasteiger partial charge in [-0.05, 0) is 73.5 Å². The molecule has 4 aromatic rings. The van der Waals surface area contributed by atoms with Crippen molar-refractivity contribution in [1.29, 1.82) is 0 Å². The Morgan fingerprint density at radius 1 is 0.857 bits per heavy atom. The maximum absolute atomic E-state index is 12.4. The lowest BCUT2D eigenvalue weighted by atomic mass is 9.88. The van der Waals surface area contributed by atoms with Crippen LogP contribution in [-0.4, -0.2) is 22.6 Å². The number of fused-ring (bicyclic) bond motifs is 1. The predicted octanol–water partition coefficient (Wildman–Crippen LogP) is 6.74. The number of oxazole rings is 1. The second-order valence-electron chi connectivity index (χ2n) is 8.75. The van der Waals surface area contributed by atoms with Crippen LogP contribution in [-0.2, 0) is 9.59 Å². The third-order valence-corrected chi connectivity index (χ3v) is 7.19. The van der Waals surface area contributed by atoms with Crippen LogP contribution < -0.4 is 10.6 Å². The fourth-order valence-electron chi connectivity index (χ4n) is 4.28. The molecule has 0 atom stereocenters. The van der Waals surface area contributed by atoms with Gasteiger partial charge in [0.2, 0.25) is 17.7 Å². The summed E-state index contributed by atoms with van der Waals surface area (Å²) >= 11 is 1.46. The van der Waals surface area contributed by atoms with Gasteiger partial charge in [0, 0.05) is 27.8 Å². The summed E-state index contributed by atoms with van der Waals surface area (Å²) in [5.74, 6) is 1.01. The lowest BCUT2D eigenvalue weighted by Gasteiger charge is -2.20. The molecule has 178 valence electrons. The highest BCUT2D eigenvalue weighted by Crippen LogP contribution is 2.27. The van der Waals surface area contributed by atoms with Crippen molar-refractivity contribution < 1.29 is 14.0 Å². The first kappa shape index (κ1) is 23.2. The average Bonchev–Trinajstić information content (AvgIpc) is 3.34. The van der Waals surface area contributed by atoms with Crippen molar-refractivity contribution in [2.24, 2.45) is 5.92 Å². The van der Waals surface area contributed by atoms with E-state index in [0.29, 0.717) is 11.6 Å². The second-order valence-corrected chi connectivity index (χ2v) is 9.80. The second kappa shape index (κ2) is 10.8. The molecule has 1 aliphatic carbocycles. The van der Waals surface area contributed by atoms with Crippen molar-refractivity contribution in [2.75, 3.05) is 16.4 Å². The van der Waals surface area contributed by atoms with Gasteiger partial charge >= 0.3 is 0 Å². The fraction of sp³-hybridized carbons (Fsp3) is 0.250. The van der Waals surface area contributed by atoms with Crippen molar-refractivity contribution in [1.82, 2.24) is 4.98 Å². The molecule has 6 nitrogen and oxygen atoms in total. The van der Waals surface area contributed by atoms with Gasteiger partial charge in [-0.2, -0.15) is 0 Å². The minimum atomic E-state index is -0.0840. The number of rotatable bonds is 7. The largest absolute Gasteiger partial charge is 0.436 e. The van der Waals surface area contributed by atoms with Gasteiger partial charge in [-0.3, -0.25) is 9.59 Å². The number of benzene rings is 3. The standard InChI is InChI=1S/C28H27N3O3S/c32-26(18-35-23-16-14-22(15-17-23)30-27(33)19-6-2-1-3-7-19)29-21-12-10-20(11-13-21)28-31-24-8-4-5-9-25(24)34-28/h4-5,8-17,19H,1-3,6-7,18H2,(H,29,32)(H,30,33). The highest BCUT2D eigenvalue weighted by atomic mass is 32.2. The number of carbonyl (C=O) groups is 2. The van der Waals surface area contributed by atoms with Crippen LogP contribution in [0.2, 0.25) is 0 Å². The van der Waals surface area contributed by atoms with Gasteiger partial charge < -0.3 is 15.1 Å². The number of amides is 2. The molecule has 3 aromatic carbocycles. The average molecular weight is 486 g/mol. The highest BCUT2D eigenvalue weighted by Gasteiger charge is 2.21. The SMILES string of the molecule is O=C(CSc1ccc(NC(=O)C2CCCCC2)cc1)Nc1ccc(-c2nc3ccccc3o2)cc1. The van der Waals surface area contributed by atoms with Crippen molar-refractivity contribution in [3.63, 3.8) is 0 Å². The van der Waals surface area contributed by atoms with E-state index in [4.69, 9.17) is 4.42 Å². The summed E-state index contributed by atoms with van der Waals surface area (Å²) in [5, 5.41) is 5.94. The first-order valence-corrected chi connectivity index (χ1v) is 12.9. The van der Waals surface area contributed by atoms with Crippen LogP contribution in [0.25, 0.3) is 22.6 Å². The molecule has 1 heterocycles. The van der Waals surface area contributed by atoms with E-state index in [1.165, 1.54) is 18.2 Å². The Kier molecular flexibility index (Phi) is 7.14. The van der Waals surface area contributed by atoms with Crippen molar-refractivity contribution in [2.45, 2.75) is 37.0 Å². The topological polar surface area (TPSA) is 84.2 Å². The van der Waals surface area contributed by atoms with Crippen molar-refractivity contribution >= 4 is 46.1 Å². The molecule has 1 fully saturated rings. The molecule has 0 spiro atoms. The summed E-state index contributed by atoms with van der Waals surface area (Å²) in [5.41, 5.74) is 3.93. The Morgan fingerprint density at radius 3 is 2.29 bits per heavy atom. The van der Waals surface area contributed by atoms with E-state index < -0.39 is 0 Å². The summed E-state index contributed by atoms with van der Waals surface area (Å²) in [7, 11) is 0. The Bertz CT molecular complexity index is 1280. The molecular formula is C28H27N3O3S. The molecular weight excluding hydrogens is 458 g/mol. The van der Waals surface area contributed by atoms with Crippen molar-refractivity contribution in [3.05, 3.63) is 72.8 Å². The van der Waals surface area contributed by atoms with Crippen LogP contribution in [0.15, 0.2) is 82.1 Å². The molecule has 35 heavy (non-hydrogen) atoms. The first-order valence-electron chi connectivity index (χ1n) is 11.9. The van der Waals surface area contributed by atoms with Crippen LogP contribution in [0.3, 0.4) is 0 Å². The van der Waals surface area contributed by atoms with E-state index in [9.17, 15) is 9.59 Å². The van der Waals surface area contributed by atoms with Gasteiger partial charge in [-0.25, -0.2) is 4.98 Å². The lowest BCUT2D eigenvalue weighted by Crippen LogP contribution is -2.24. The normalized spacial score (nSPS) is 14.1. The number of aromatic nitrogens is 1. The van der Waals surface area contributed by atoms with E-state index in [2.05, 4.69) is 15.6 Å². The van der Waals surface area contributed by atoms with Crippen LogP contribution in [0, 0.1) is 5.92 Å². The smallest absolute Gasteiger partial charge is 0.234 e. The molecule has 1 saturated carbocycles. The zero-order valence-corrected chi connectivity index (χ0v) is 20.1. The van der Waals surface area contributed by atoms with Crippen LogP contribution in [0.1, 0.15) is 32.1 Å². The zero-order valence-electron chi connectivity index (χ0n) is 19.3. The molecule has 7 heteroatoms. The predicted molar refractivity (Wildman–Crippen MR) is 140 cm³/mol. The van der Waals surface area contributed by atoms with Gasteiger partial charge in [-0.15, -0.1) is 11.8 Å². The highest BCUT2D eigenvalue weighted by molar-refractivity contribution is 8.00. The van der Waals surface area contributed by atoms with Gasteiger partial charge in [0.1, 0.15) is 5.52 Å². The van der Waals surface area contributed by atoms with E-state index in [0.717, 1.165) is 58.6 Å². The molecule has 2 N–H and O–H groups in total. The van der Waals surface area contributed by atoms with Crippen LogP contribution in [0.4, 0.5) is 11.4 Å². The molecule has 1 aliphatic rings. The summed E-state index contributed by atoms with van der Waals surface area (Å²) in [4.78, 5) is 30.3. The van der Waals surface area contributed by atoms with Gasteiger partial charge in [-0.1, -0.05) is 31.4 Å². The molecule has 0 aliphatic heterocycles. The maximum atomic E-state index is 12.4. The summed E-state index contributed by atoms with van der Waals surface area (Å²) < 4.78 is 5.80. The Morgan fingerprint density at radius 2 is 1.54 bits per heavy atom. The minimum Gasteiger partial charge on any atom is -0.436 e. The third-order valence-electron chi connectivity index (χ3n) is 6.18. The molecule has 1 aromatic heterocycles. The number of hydrogen-bond acceptors (Lipinski definition) is 5. The fourth-order valence-corrected chi connectivity index (χ4v) is 4.98. The van der Waals surface area contributed by atoms with Gasteiger partial charge in [0.15, 0.2) is 5.58 Å². The number of nitrogens with zero attached hydrogens (tertiary/aromatic N) is 1. The Hall–Kier alpha value is -3.58. The molecule has 0 radical (unpaired) electrons. The summed E-state index contributed by atoms with van der Waals surface area (Å²) in [6.45, 7) is 0. The number of anilines is 2. The van der Waals surface area contributed by atoms with E-state index >= 15 is 0 Å². The zero-order chi connectivity index (χ0) is 24.0. The van der Waals surface area contributed by atoms with E-state index in [1.807, 2.05) is 72.8 Å². The van der Waals surface area contributed by atoms with E-state index in [1.54, 1.807) is 0 Å². The lowest BCUT2D eigenvalue weighted by molar-refractivity contribution is -0.120. The number of nitrogens with one attached hydrogen (secondary N) is 2. The summed E-state index contributed by atoms with van der Waals surface area (Å²) in [6.07, 6.45) is 5.47. The Labute approximate surface area is 208 Å². The number of carbonyl (C=O) groups excluding carboxylic acids is 2. The van der Waals surface area contributed by atoms with Crippen LogP contribution >= 0.6 is 11.8 Å². The van der Waals surface area contributed by atoms with Crippen molar-refractivity contribution in [3.8, 4) is 11.5 Å². The molecule has 2 amide bonds. The number of para-hydroxylation sites is 2. The molecule has 0 bridgehead atoms. The van der Waals surface area contributed by atoms with E-state index in [-0.39, 0.29) is 17.7 Å².